The van der Waals surface area contributed by atoms with Gasteiger partial charge in [-0.25, -0.2) is 0 Å². The Morgan fingerprint density at radius 1 is 1.21 bits per heavy atom. The molecule has 1 heterocycles. The summed E-state index contributed by atoms with van der Waals surface area (Å²) in [5.41, 5.74) is 2.05. The summed E-state index contributed by atoms with van der Waals surface area (Å²) in [6, 6.07) is 15.3. The van der Waals surface area contributed by atoms with Crippen LogP contribution in [0.5, 0.6) is 5.75 Å². The molecule has 2 aromatic carbocycles. The van der Waals surface area contributed by atoms with Crippen molar-refractivity contribution < 1.29 is 24.1 Å². The van der Waals surface area contributed by atoms with Crippen LogP contribution in [0, 0.1) is 11.8 Å². The number of anilines is 1. The Hall–Kier alpha value is -3.01. The first-order chi connectivity index (χ1) is 14.1. The van der Waals surface area contributed by atoms with Gasteiger partial charge in [0.1, 0.15) is 18.9 Å². The first-order valence-corrected chi connectivity index (χ1v) is 9.52. The fraction of sp³-hybridized carbons (Fsp3) is 0.348. The topological polar surface area (TPSA) is 77.0 Å². The van der Waals surface area contributed by atoms with Crippen molar-refractivity contribution in [2.75, 3.05) is 38.8 Å². The number of rotatable bonds is 7. The van der Waals surface area contributed by atoms with E-state index in [-0.39, 0.29) is 13.2 Å². The van der Waals surface area contributed by atoms with E-state index in [9.17, 15) is 4.79 Å². The molecule has 2 N–H and O–H groups in total. The average molecular weight is 395 g/mol. The molecule has 29 heavy (non-hydrogen) atoms. The highest BCUT2D eigenvalue weighted by Gasteiger charge is 2.35. The van der Waals surface area contributed by atoms with E-state index in [1.165, 1.54) is 0 Å². The first-order valence-electron chi connectivity index (χ1n) is 9.52. The minimum Gasteiger partial charge on any atom is -0.481 e. The van der Waals surface area contributed by atoms with Crippen molar-refractivity contribution in [3.63, 3.8) is 0 Å². The van der Waals surface area contributed by atoms with Crippen molar-refractivity contribution in [1.82, 2.24) is 0 Å². The molecule has 0 atom stereocenters. The summed E-state index contributed by atoms with van der Waals surface area (Å²) >= 11 is 0. The molecule has 152 valence electrons. The van der Waals surface area contributed by atoms with Crippen molar-refractivity contribution in [2.45, 2.75) is 18.4 Å². The quantitative estimate of drug-likeness (QED) is 0.701. The molecule has 6 heteroatoms. The Balaban J connectivity index is 1.80. The zero-order valence-electron chi connectivity index (χ0n) is 16.4. The summed E-state index contributed by atoms with van der Waals surface area (Å²) < 4.78 is 17.2. The molecule has 0 amide bonds. The number of carboxylic acid groups (broad SMARTS) is 1. The van der Waals surface area contributed by atoms with Crippen LogP contribution >= 0.6 is 0 Å². The predicted octanol–water partition coefficient (Wildman–Crippen LogP) is 3.27. The zero-order valence-corrected chi connectivity index (χ0v) is 16.4. The van der Waals surface area contributed by atoms with E-state index in [1.807, 2.05) is 42.5 Å². The van der Waals surface area contributed by atoms with E-state index in [2.05, 4.69) is 17.2 Å². The maximum atomic E-state index is 11.0. The highest BCUT2D eigenvalue weighted by atomic mass is 16.5. The zero-order chi connectivity index (χ0) is 20.5. The summed E-state index contributed by atoms with van der Waals surface area (Å²) in [5, 5.41) is 11.9. The number of benzene rings is 2. The Morgan fingerprint density at radius 3 is 2.66 bits per heavy atom. The minimum atomic E-state index is -0.931. The van der Waals surface area contributed by atoms with Crippen molar-refractivity contribution in [3.8, 4) is 17.6 Å². The van der Waals surface area contributed by atoms with E-state index in [1.54, 1.807) is 13.2 Å². The van der Waals surface area contributed by atoms with Gasteiger partial charge in [-0.15, -0.1) is 0 Å². The fourth-order valence-electron chi connectivity index (χ4n) is 3.32. The molecule has 0 aliphatic carbocycles. The number of carboxylic acids is 1. The molecule has 0 radical (unpaired) electrons. The summed E-state index contributed by atoms with van der Waals surface area (Å²) in [7, 11) is 1.69. The molecule has 1 aliphatic heterocycles. The highest BCUT2D eigenvalue weighted by molar-refractivity contribution is 5.73. The van der Waals surface area contributed by atoms with Gasteiger partial charge in [0.15, 0.2) is 0 Å². The normalized spacial score (nSPS) is 15.1. The molecule has 0 bridgehead atoms. The van der Waals surface area contributed by atoms with Crippen LogP contribution in [-0.4, -0.2) is 44.6 Å². The molecule has 1 aliphatic rings. The highest BCUT2D eigenvalue weighted by Crippen LogP contribution is 2.38. The van der Waals surface area contributed by atoms with Gasteiger partial charge in [-0.2, -0.15) is 0 Å². The van der Waals surface area contributed by atoms with Crippen molar-refractivity contribution in [2.24, 2.45) is 0 Å². The van der Waals surface area contributed by atoms with Gasteiger partial charge in [0.25, 0.3) is 0 Å². The van der Waals surface area contributed by atoms with Gasteiger partial charge in [0, 0.05) is 50.5 Å². The molecule has 3 rings (SSSR count). The molecular formula is C23H25NO5. The second-order valence-corrected chi connectivity index (χ2v) is 6.76. The van der Waals surface area contributed by atoms with E-state index in [0.717, 1.165) is 24.0 Å². The van der Waals surface area contributed by atoms with Gasteiger partial charge < -0.3 is 24.6 Å². The smallest absolute Gasteiger partial charge is 0.322 e. The maximum absolute atomic E-state index is 11.0. The van der Waals surface area contributed by atoms with Gasteiger partial charge in [-0.1, -0.05) is 30.0 Å². The second-order valence-electron chi connectivity index (χ2n) is 6.76. The van der Waals surface area contributed by atoms with Crippen LogP contribution in [0.25, 0.3) is 0 Å². The lowest BCUT2D eigenvalue weighted by Crippen LogP contribution is -2.35. The number of nitrogens with one attached hydrogen (secondary N) is 1. The number of ether oxygens (including phenoxy) is 3. The van der Waals surface area contributed by atoms with Crippen LogP contribution in [0.3, 0.4) is 0 Å². The summed E-state index contributed by atoms with van der Waals surface area (Å²) in [4.78, 5) is 11.0. The Morgan fingerprint density at radius 2 is 1.97 bits per heavy atom. The first kappa shape index (κ1) is 20.7. The standard InChI is InChI=1S/C23H25NO5/c1-27-23(9-12-28-13-10-23)19-14-20(24-17-22(25)26)16-21(15-19)29-11-5-8-18-6-3-2-4-7-18/h2-4,6-7,14-16,24H,9-13,17H2,1H3,(H,25,26). The molecule has 6 nitrogen and oxygen atoms in total. The third-order valence-electron chi connectivity index (χ3n) is 4.89. The molecule has 1 fully saturated rings. The molecule has 2 aromatic rings. The number of hydrogen-bond acceptors (Lipinski definition) is 5. The maximum Gasteiger partial charge on any atom is 0.322 e. The predicted molar refractivity (Wildman–Crippen MR) is 110 cm³/mol. The van der Waals surface area contributed by atoms with E-state index >= 15 is 0 Å². The Bertz CT molecular complexity index is 879. The number of hydrogen-bond donors (Lipinski definition) is 2. The summed E-state index contributed by atoms with van der Waals surface area (Å²) in [5.74, 6) is 5.74. The molecule has 0 unspecified atom stereocenters. The molecule has 0 spiro atoms. The molecule has 0 saturated carbocycles. The van der Waals surface area contributed by atoms with Crippen molar-refractivity contribution in [3.05, 3.63) is 59.7 Å². The third kappa shape index (κ3) is 5.74. The van der Waals surface area contributed by atoms with Crippen molar-refractivity contribution in [1.29, 1.82) is 0 Å². The largest absolute Gasteiger partial charge is 0.481 e. The monoisotopic (exact) mass is 395 g/mol. The SMILES string of the molecule is COC1(c2cc(NCC(=O)O)cc(OCC#Cc3ccccc3)c2)CCOCC1. The lowest BCUT2D eigenvalue weighted by atomic mass is 9.85. The molecular weight excluding hydrogens is 370 g/mol. The number of aliphatic carboxylic acids is 1. The lowest BCUT2D eigenvalue weighted by molar-refractivity contribution is -0.134. The minimum absolute atomic E-state index is 0.181. The van der Waals surface area contributed by atoms with E-state index in [4.69, 9.17) is 19.3 Å². The molecule has 1 saturated heterocycles. The van der Waals surface area contributed by atoms with Crippen LogP contribution in [-0.2, 0) is 19.9 Å². The van der Waals surface area contributed by atoms with Crippen LogP contribution in [0.1, 0.15) is 24.0 Å². The van der Waals surface area contributed by atoms with E-state index < -0.39 is 11.6 Å². The summed E-state index contributed by atoms with van der Waals surface area (Å²) in [6.07, 6.45) is 1.44. The number of carbonyl (C=O) groups is 1. The molecule has 0 aromatic heterocycles. The van der Waals surface area contributed by atoms with Gasteiger partial charge in [-0.3, -0.25) is 4.79 Å². The lowest BCUT2D eigenvalue weighted by Gasteiger charge is -2.36. The van der Waals surface area contributed by atoms with Crippen LogP contribution in [0.4, 0.5) is 5.69 Å². The van der Waals surface area contributed by atoms with Crippen LogP contribution in [0.2, 0.25) is 0 Å². The number of methoxy groups -OCH3 is 1. The Kier molecular flexibility index (Phi) is 7.12. The van der Waals surface area contributed by atoms with Gasteiger partial charge in [-0.05, 0) is 29.8 Å². The van der Waals surface area contributed by atoms with Gasteiger partial charge in [0.2, 0.25) is 0 Å². The van der Waals surface area contributed by atoms with Crippen molar-refractivity contribution >= 4 is 11.7 Å². The Labute approximate surface area is 170 Å². The second kappa shape index (κ2) is 9.97. The van der Waals surface area contributed by atoms with Crippen LogP contribution in [0.15, 0.2) is 48.5 Å². The van der Waals surface area contributed by atoms with E-state index in [0.29, 0.717) is 24.7 Å². The van der Waals surface area contributed by atoms with Gasteiger partial charge in [0.05, 0.1) is 5.60 Å². The van der Waals surface area contributed by atoms with Crippen LogP contribution < -0.4 is 10.1 Å². The average Bonchev–Trinajstić information content (AvgIpc) is 2.76. The third-order valence-corrected chi connectivity index (χ3v) is 4.89. The van der Waals surface area contributed by atoms with Gasteiger partial charge >= 0.3 is 5.97 Å². The summed E-state index contributed by atoms with van der Waals surface area (Å²) in [6.45, 7) is 1.26. The fourth-order valence-corrected chi connectivity index (χ4v) is 3.32.